The van der Waals surface area contributed by atoms with Gasteiger partial charge in [0.2, 0.25) is 0 Å². The van der Waals surface area contributed by atoms with E-state index in [1.807, 2.05) is 0 Å². The van der Waals surface area contributed by atoms with Crippen molar-refractivity contribution >= 4 is 33.8 Å². The smallest absolute Gasteiger partial charge is 0.506 e. The van der Waals surface area contributed by atoms with Gasteiger partial charge in [0.1, 0.15) is 17.1 Å². The highest BCUT2D eigenvalue weighted by atomic mass is 79.9. The number of carboxylic acid groups (broad SMARTS) is 1. The molecule has 0 radical (unpaired) electrons. The van der Waals surface area contributed by atoms with Gasteiger partial charge in [0, 0.05) is 4.47 Å². The second-order valence-electron chi connectivity index (χ2n) is 4.97. The first kappa shape index (κ1) is 19.5. The summed E-state index contributed by atoms with van der Waals surface area (Å²) >= 11 is 3.04. The van der Waals surface area contributed by atoms with Gasteiger partial charge in [-0.3, -0.25) is 4.79 Å². The summed E-state index contributed by atoms with van der Waals surface area (Å²) in [6.07, 6.45) is -2.63. The van der Waals surface area contributed by atoms with Crippen molar-refractivity contribution < 1.29 is 37.7 Å². The molecule has 0 heterocycles. The predicted octanol–water partition coefficient (Wildman–Crippen LogP) is 4.65. The van der Waals surface area contributed by atoms with Gasteiger partial charge in [-0.15, -0.1) is 13.2 Å². The molecule has 2 N–H and O–H groups in total. The minimum Gasteiger partial charge on any atom is -0.506 e. The summed E-state index contributed by atoms with van der Waals surface area (Å²) in [6, 6.07) is 7.29. The monoisotopic (exact) mass is 430 g/mol. The number of benzene rings is 2. The number of ketones is 1. The van der Waals surface area contributed by atoms with Crippen LogP contribution in [0.5, 0.6) is 11.5 Å². The van der Waals surface area contributed by atoms with E-state index in [1.54, 1.807) is 0 Å². The van der Waals surface area contributed by atoms with Crippen LogP contribution in [-0.4, -0.2) is 28.3 Å². The number of rotatable bonds is 5. The van der Waals surface area contributed by atoms with E-state index in [4.69, 9.17) is 5.11 Å². The van der Waals surface area contributed by atoms with Crippen LogP contribution < -0.4 is 4.74 Å². The highest BCUT2D eigenvalue weighted by Crippen LogP contribution is 2.29. The molecule has 2 aromatic carbocycles. The second kappa shape index (κ2) is 7.61. The van der Waals surface area contributed by atoms with E-state index in [2.05, 4.69) is 20.7 Å². The average Bonchev–Trinajstić information content (AvgIpc) is 2.53. The fraction of sp³-hybridized carbons (Fsp3) is 0.0588. The van der Waals surface area contributed by atoms with Crippen molar-refractivity contribution in [3.63, 3.8) is 0 Å². The van der Waals surface area contributed by atoms with Gasteiger partial charge in [-0.2, -0.15) is 0 Å². The summed E-state index contributed by atoms with van der Waals surface area (Å²) in [5, 5.41) is 18.9. The molecular weight excluding hydrogens is 421 g/mol. The van der Waals surface area contributed by atoms with E-state index in [0.29, 0.717) is 0 Å². The summed E-state index contributed by atoms with van der Waals surface area (Å²) in [5.41, 5.74) is -0.486. The first-order valence-electron chi connectivity index (χ1n) is 6.91. The highest BCUT2D eigenvalue weighted by molar-refractivity contribution is 9.10. The van der Waals surface area contributed by atoms with E-state index in [9.17, 15) is 27.9 Å². The van der Waals surface area contributed by atoms with Crippen LogP contribution in [-0.2, 0) is 0 Å². The summed E-state index contributed by atoms with van der Waals surface area (Å²) in [7, 11) is 0. The van der Waals surface area contributed by atoms with Gasteiger partial charge in [0.15, 0.2) is 5.78 Å². The second-order valence-corrected chi connectivity index (χ2v) is 5.89. The molecule has 0 bridgehead atoms. The number of ether oxygens (including phenoxy) is 1. The Morgan fingerprint density at radius 1 is 1.12 bits per heavy atom. The Bertz CT molecular complexity index is 890. The number of carboxylic acids is 1. The van der Waals surface area contributed by atoms with Crippen LogP contribution in [0, 0.1) is 0 Å². The Labute approximate surface area is 153 Å². The fourth-order valence-corrected chi connectivity index (χ4v) is 2.48. The van der Waals surface area contributed by atoms with Gasteiger partial charge in [0.05, 0.1) is 5.56 Å². The predicted molar refractivity (Wildman–Crippen MR) is 89.3 cm³/mol. The first-order valence-corrected chi connectivity index (χ1v) is 7.70. The van der Waals surface area contributed by atoms with E-state index >= 15 is 0 Å². The number of phenols is 1. The lowest BCUT2D eigenvalue weighted by atomic mass is 10.0. The van der Waals surface area contributed by atoms with Crippen LogP contribution in [0.2, 0.25) is 0 Å². The third-order valence-electron chi connectivity index (χ3n) is 3.09. The number of carbonyl (C=O) groups is 2. The number of allylic oxidation sites excluding steroid dienone is 1. The molecule has 0 saturated heterocycles. The standard InChI is InChI=1S/C17H10BrF3O5/c18-10-7-12(15(23)13(8-10)16(24)25)14(22)5-4-9-2-1-3-11(6-9)26-17(19,20)21/h1-8,23H,(H,24,25)/b5-4+. The fourth-order valence-electron chi connectivity index (χ4n) is 2.03. The van der Waals surface area contributed by atoms with Crippen molar-refractivity contribution in [3.8, 4) is 11.5 Å². The molecule has 0 aliphatic heterocycles. The maximum atomic E-state index is 12.2. The molecule has 0 aliphatic rings. The lowest BCUT2D eigenvalue weighted by molar-refractivity contribution is -0.274. The van der Waals surface area contributed by atoms with Crippen molar-refractivity contribution in [1.29, 1.82) is 0 Å². The molecule has 136 valence electrons. The van der Waals surface area contributed by atoms with Crippen molar-refractivity contribution in [1.82, 2.24) is 0 Å². The van der Waals surface area contributed by atoms with Gasteiger partial charge in [-0.05, 0) is 35.9 Å². The molecular formula is C17H10BrF3O5. The number of aromatic carboxylic acids is 1. The Morgan fingerprint density at radius 2 is 1.77 bits per heavy atom. The van der Waals surface area contributed by atoms with Crippen LogP contribution in [0.4, 0.5) is 13.2 Å². The number of alkyl halides is 3. The van der Waals surface area contributed by atoms with Crippen molar-refractivity contribution in [2.45, 2.75) is 6.36 Å². The largest absolute Gasteiger partial charge is 0.573 e. The van der Waals surface area contributed by atoms with Gasteiger partial charge in [0.25, 0.3) is 0 Å². The Kier molecular flexibility index (Phi) is 5.71. The number of hydrogen-bond acceptors (Lipinski definition) is 4. The molecule has 2 aromatic rings. The molecule has 0 spiro atoms. The molecule has 0 aromatic heterocycles. The number of carbonyl (C=O) groups excluding carboxylic acids is 1. The maximum absolute atomic E-state index is 12.2. The van der Waals surface area contributed by atoms with Gasteiger partial charge >= 0.3 is 12.3 Å². The zero-order valence-electron chi connectivity index (χ0n) is 12.7. The molecule has 9 heteroatoms. The quantitative estimate of drug-likeness (QED) is 0.532. The number of hydrogen-bond donors (Lipinski definition) is 2. The third-order valence-corrected chi connectivity index (χ3v) is 3.55. The molecule has 0 unspecified atom stereocenters. The topological polar surface area (TPSA) is 83.8 Å². The molecule has 0 atom stereocenters. The minimum atomic E-state index is -4.84. The highest BCUT2D eigenvalue weighted by Gasteiger charge is 2.31. The van der Waals surface area contributed by atoms with Crippen molar-refractivity contribution in [2.75, 3.05) is 0 Å². The summed E-state index contributed by atoms with van der Waals surface area (Å²) in [5.74, 6) is -3.30. The molecule has 0 fully saturated rings. The summed E-state index contributed by atoms with van der Waals surface area (Å²) in [4.78, 5) is 23.3. The third kappa shape index (κ3) is 5.09. The van der Waals surface area contributed by atoms with E-state index < -0.39 is 35.2 Å². The van der Waals surface area contributed by atoms with Crippen LogP contribution in [0.25, 0.3) is 6.08 Å². The zero-order chi connectivity index (χ0) is 19.5. The minimum absolute atomic E-state index is 0.244. The van der Waals surface area contributed by atoms with Crippen molar-refractivity contribution in [2.24, 2.45) is 0 Å². The lowest BCUT2D eigenvalue weighted by Crippen LogP contribution is -2.17. The van der Waals surface area contributed by atoms with Crippen LogP contribution in [0.15, 0.2) is 46.9 Å². The lowest BCUT2D eigenvalue weighted by Gasteiger charge is -2.09. The maximum Gasteiger partial charge on any atom is 0.573 e. The average molecular weight is 431 g/mol. The normalized spacial score (nSPS) is 11.5. The van der Waals surface area contributed by atoms with Crippen LogP contribution in [0.3, 0.4) is 0 Å². The van der Waals surface area contributed by atoms with Gasteiger partial charge in [-0.1, -0.05) is 34.1 Å². The van der Waals surface area contributed by atoms with E-state index in [-0.39, 0.29) is 15.6 Å². The Hall–Kier alpha value is -2.81. The summed E-state index contributed by atoms with van der Waals surface area (Å²) < 4.78 is 40.7. The van der Waals surface area contributed by atoms with Gasteiger partial charge < -0.3 is 14.9 Å². The summed E-state index contributed by atoms with van der Waals surface area (Å²) in [6.45, 7) is 0. The van der Waals surface area contributed by atoms with Crippen molar-refractivity contribution in [3.05, 3.63) is 63.6 Å². The Balaban J connectivity index is 2.28. The molecule has 0 aliphatic carbocycles. The zero-order valence-corrected chi connectivity index (χ0v) is 14.3. The molecule has 5 nitrogen and oxygen atoms in total. The van der Waals surface area contributed by atoms with E-state index in [0.717, 1.165) is 24.3 Å². The number of halogens is 4. The molecule has 26 heavy (non-hydrogen) atoms. The van der Waals surface area contributed by atoms with Crippen LogP contribution in [0.1, 0.15) is 26.3 Å². The Morgan fingerprint density at radius 3 is 2.38 bits per heavy atom. The molecule has 0 amide bonds. The van der Waals surface area contributed by atoms with Crippen LogP contribution >= 0.6 is 15.9 Å². The van der Waals surface area contributed by atoms with Gasteiger partial charge in [-0.25, -0.2) is 4.79 Å². The molecule has 2 rings (SSSR count). The molecule has 0 saturated carbocycles. The SMILES string of the molecule is O=C(O)c1cc(Br)cc(C(=O)/C=C/c2cccc(OC(F)(F)F)c2)c1O. The van der Waals surface area contributed by atoms with E-state index in [1.165, 1.54) is 24.3 Å². The number of aromatic hydroxyl groups is 1. The first-order chi connectivity index (χ1) is 12.1.